The number of morpholine rings is 1. The summed E-state index contributed by atoms with van der Waals surface area (Å²) in [5, 5.41) is 3.07. The van der Waals surface area contributed by atoms with Gasteiger partial charge in [0.15, 0.2) is 0 Å². The highest BCUT2D eigenvalue weighted by molar-refractivity contribution is 5.98. The monoisotopic (exact) mass is 367 g/mol. The lowest BCUT2D eigenvalue weighted by Gasteiger charge is -2.27. The Hall–Kier alpha value is -2.73. The van der Waals surface area contributed by atoms with Crippen molar-refractivity contribution in [2.45, 2.75) is 19.9 Å². The molecule has 3 rings (SSSR count). The van der Waals surface area contributed by atoms with Crippen LogP contribution >= 0.6 is 0 Å². The van der Waals surface area contributed by atoms with E-state index in [1.807, 2.05) is 12.1 Å². The molecule has 1 fully saturated rings. The number of hydrogen-bond donors (Lipinski definition) is 1. The van der Waals surface area contributed by atoms with Crippen molar-refractivity contribution in [3.05, 3.63) is 65.5 Å². The number of rotatable bonds is 5. The zero-order chi connectivity index (χ0) is 19.2. The fourth-order valence-corrected chi connectivity index (χ4v) is 3.13. The van der Waals surface area contributed by atoms with Crippen LogP contribution in [0.3, 0.4) is 0 Å². The van der Waals surface area contributed by atoms with Crippen LogP contribution in [0.1, 0.15) is 46.2 Å². The molecule has 27 heavy (non-hydrogen) atoms. The Kier molecular flexibility index (Phi) is 6.19. The van der Waals surface area contributed by atoms with E-state index in [4.69, 9.17) is 4.74 Å². The number of carbonyl (C=O) groups excluding carboxylic acids is 2. The summed E-state index contributed by atoms with van der Waals surface area (Å²) in [6, 6.07) is 10.5. The fraction of sp³-hybridized carbons (Fsp3) is 0.381. The predicted molar refractivity (Wildman–Crippen MR) is 102 cm³/mol. The first kappa shape index (κ1) is 19.0. The van der Waals surface area contributed by atoms with Crippen LogP contribution in [-0.4, -0.2) is 48.0 Å². The highest BCUT2D eigenvalue weighted by atomic mass is 16.5. The molecule has 0 aliphatic carbocycles. The van der Waals surface area contributed by atoms with Crippen LogP contribution in [0.15, 0.2) is 48.8 Å². The van der Waals surface area contributed by atoms with Crippen LogP contribution in [0.25, 0.3) is 0 Å². The zero-order valence-corrected chi connectivity index (χ0v) is 15.7. The maximum atomic E-state index is 12.7. The normalized spacial score (nSPS) is 15.4. The molecule has 0 radical (unpaired) electrons. The van der Waals surface area contributed by atoms with E-state index in [0.29, 0.717) is 37.4 Å². The number of hydrogen-bond acceptors (Lipinski definition) is 4. The minimum atomic E-state index is -0.164. The molecule has 6 nitrogen and oxygen atoms in total. The number of nitrogens with zero attached hydrogens (tertiary/aromatic N) is 2. The van der Waals surface area contributed by atoms with Crippen LogP contribution in [0.4, 0.5) is 0 Å². The Morgan fingerprint density at radius 1 is 1.07 bits per heavy atom. The summed E-state index contributed by atoms with van der Waals surface area (Å²) in [5.74, 6) is 0.0314. The number of pyridine rings is 1. The molecule has 2 heterocycles. The summed E-state index contributed by atoms with van der Waals surface area (Å²) in [6.07, 6.45) is 3.49. The number of ether oxygens (including phenoxy) is 1. The van der Waals surface area contributed by atoms with E-state index in [1.54, 1.807) is 41.6 Å². The first-order valence-corrected chi connectivity index (χ1v) is 9.24. The van der Waals surface area contributed by atoms with E-state index < -0.39 is 0 Å². The first-order chi connectivity index (χ1) is 13.1. The first-order valence-electron chi connectivity index (χ1n) is 9.24. The number of aromatic nitrogens is 1. The van der Waals surface area contributed by atoms with Crippen molar-refractivity contribution < 1.29 is 14.3 Å². The van der Waals surface area contributed by atoms with Gasteiger partial charge in [-0.1, -0.05) is 19.9 Å². The van der Waals surface area contributed by atoms with Gasteiger partial charge >= 0.3 is 0 Å². The van der Waals surface area contributed by atoms with E-state index in [2.05, 4.69) is 24.1 Å². The average Bonchev–Trinajstić information content (AvgIpc) is 2.72. The minimum Gasteiger partial charge on any atom is -0.378 e. The quantitative estimate of drug-likeness (QED) is 0.882. The van der Waals surface area contributed by atoms with Gasteiger partial charge in [-0.15, -0.1) is 0 Å². The van der Waals surface area contributed by atoms with E-state index in [0.717, 1.165) is 5.56 Å². The molecule has 1 unspecified atom stereocenters. The molecule has 1 aromatic carbocycles. The van der Waals surface area contributed by atoms with Gasteiger partial charge in [-0.2, -0.15) is 0 Å². The average molecular weight is 367 g/mol. The molecule has 1 atom stereocenters. The molecule has 1 aliphatic rings. The zero-order valence-electron chi connectivity index (χ0n) is 15.7. The van der Waals surface area contributed by atoms with Gasteiger partial charge in [0.05, 0.1) is 19.3 Å². The molecule has 1 aromatic heterocycles. The second kappa shape index (κ2) is 8.77. The molecule has 1 N–H and O–H groups in total. The van der Waals surface area contributed by atoms with Gasteiger partial charge in [-0.05, 0) is 41.8 Å². The van der Waals surface area contributed by atoms with Crippen LogP contribution in [0.5, 0.6) is 0 Å². The molecule has 1 saturated heterocycles. The van der Waals surface area contributed by atoms with Crippen molar-refractivity contribution in [1.82, 2.24) is 15.2 Å². The lowest BCUT2D eigenvalue weighted by molar-refractivity contribution is 0.0303. The predicted octanol–water partition coefficient (Wildman–Crippen LogP) is 2.68. The Morgan fingerprint density at radius 2 is 1.74 bits per heavy atom. The van der Waals surface area contributed by atoms with Gasteiger partial charge in [0.1, 0.15) is 0 Å². The molecule has 0 spiro atoms. The van der Waals surface area contributed by atoms with Crippen molar-refractivity contribution >= 4 is 11.8 Å². The number of amides is 2. The third kappa shape index (κ3) is 4.71. The Labute approximate surface area is 159 Å². The third-order valence-electron chi connectivity index (χ3n) is 4.69. The molecular formula is C21H25N3O3. The largest absolute Gasteiger partial charge is 0.378 e. The van der Waals surface area contributed by atoms with E-state index >= 15 is 0 Å². The van der Waals surface area contributed by atoms with Gasteiger partial charge < -0.3 is 15.0 Å². The summed E-state index contributed by atoms with van der Waals surface area (Å²) in [7, 11) is 0. The van der Waals surface area contributed by atoms with Gasteiger partial charge in [0.2, 0.25) is 0 Å². The lowest BCUT2D eigenvalue weighted by atomic mass is 9.97. The van der Waals surface area contributed by atoms with Gasteiger partial charge in [0, 0.05) is 36.6 Å². The molecule has 142 valence electrons. The SMILES string of the molecule is CC(C)C(NC(=O)c1ccc(C(=O)N2CCOCC2)cc1)c1cccnc1. The molecule has 2 amide bonds. The van der Waals surface area contributed by atoms with E-state index in [1.165, 1.54) is 0 Å². The topological polar surface area (TPSA) is 71.5 Å². The van der Waals surface area contributed by atoms with E-state index in [9.17, 15) is 9.59 Å². The second-order valence-corrected chi connectivity index (χ2v) is 6.96. The number of carbonyl (C=O) groups is 2. The highest BCUT2D eigenvalue weighted by Gasteiger charge is 2.21. The smallest absolute Gasteiger partial charge is 0.254 e. The van der Waals surface area contributed by atoms with Crippen LogP contribution in [0, 0.1) is 5.92 Å². The number of benzene rings is 1. The summed E-state index contributed by atoms with van der Waals surface area (Å²) < 4.78 is 5.28. The Balaban J connectivity index is 1.68. The third-order valence-corrected chi connectivity index (χ3v) is 4.69. The Bertz CT molecular complexity index is 769. The summed E-state index contributed by atoms with van der Waals surface area (Å²) in [5.41, 5.74) is 2.09. The van der Waals surface area contributed by atoms with Crippen LogP contribution < -0.4 is 5.32 Å². The number of nitrogens with one attached hydrogen (secondary N) is 1. The molecule has 6 heteroatoms. The maximum Gasteiger partial charge on any atom is 0.254 e. The van der Waals surface area contributed by atoms with Crippen LogP contribution in [-0.2, 0) is 4.74 Å². The maximum absolute atomic E-state index is 12.7. The minimum absolute atomic E-state index is 0.0272. The molecule has 1 aliphatic heterocycles. The molecule has 0 bridgehead atoms. The van der Waals surface area contributed by atoms with Crippen molar-refractivity contribution in [3.8, 4) is 0 Å². The highest BCUT2D eigenvalue weighted by Crippen LogP contribution is 2.21. The molecular weight excluding hydrogens is 342 g/mol. The molecule has 2 aromatic rings. The summed E-state index contributed by atoms with van der Waals surface area (Å²) in [6.45, 7) is 6.45. The summed E-state index contributed by atoms with van der Waals surface area (Å²) in [4.78, 5) is 31.1. The van der Waals surface area contributed by atoms with Crippen molar-refractivity contribution in [3.63, 3.8) is 0 Å². The second-order valence-electron chi connectivity index (χ2n) is 6.96. The van der Waals surface area contributed by atoms with Crippen molar-refractivity contribution in [2.24, 2.45) is 5.92 Å². The van der Waals surface area contributed by atoms with Crippen molar-refractivity contribution in [2.75, 3.05) is 26.3 Å². The standard InChI is InChI=1S/C21H25N3O3/c1-15(2)19(18-4-3-9-22-14-18)23-20(25)16-5-7-17(8-6-16)21(26)24-10-12-27-13-11-24/h3-9,14-15,19H,10-13H2,1-2H3,(H,23,25). The fourth-order valence-electron chi connectivity index (χ4n) is 3.13. The van der Waals surface area contributed by atoms with Gasteiger partial charge in [0.25, 0.3) is 11.8 Å². The van der Waals surface area contributed by atoms with Crippen molar-refractivity contribution in [1.29, 1.82) is 0 Å². The molecule has 0 saturated carbocycles. The lowest BCUT2D eigenvalue weighted by Crippen LogP contribution is -2.40. The van der Waals surface area contributed by atoms with Gasteiger partial charge in [-0.25, -0.2) is 0 Å². The van der Waals surface area contributed by atoms with E-state index in [-0.39, 0.29) is 23.8 Å². The van der Waals surface area contributed by atoms with Crippen LogP contribution in [0.2, 0.25) is 0 Å². The van der Waals surface area contributed by atoms with Gasteiger partial charge in [-0.3, -0.25) is 14.6 Å². The Morgan fingerprint density at radius 3 is 2.33 bits per heavy atom. The summed E-state index contributed by atoms with van der Waals surface area (Å²) >= 11 is 0.